The van der Waals surface area contributed by atoms with E-state index < -0.39 is 0 Å². The van der Waals surface area contributed by atoms with Gasteiger partial charge in [0.05, 0.1) is 11.4 Å². The fraction of sp³-hybridized carbons (Fsp3) is 0.304. The SMILES string of the molecule is CCN(CC)C(=O)c1ccc2c(c1)N(CC(=O)Nc1cccc(C(C)=O)c1)C(=O)CS2. The van der Waals surface area contributed by atoms with Crippen LogP contribution >= 0.6 is 11.8 Å². The molecule has 0 unspecified atom stereocenters. The molecular weight excluding hydrogens is 414 g/mol. The molecule has 0 spiro atoms. The second-order valence-electron chi connectivity index (χ2n) is 7.11. The second-order valence-corrected chi connectivity index (χ2v) is 8.13. The molecule has 0 fully saturated rings. The van der Waals surface area contributed by atoms with Crippen molar-refractivity contribution in [2.75, 3.05) is 35.6 Å². The third-order valence-electron chi connectivity index (χ3n) is 5.05. The number of ketones is 1. The molecule has 31 heavy (non-hydrogen) atoms. The molecule has 7 nitrogen and oxygen atoms in total. The fourth-order valence-electron chi connectivity index (χ4n) is 3.36. The molecule has 2 aromatic carbocycles. The number of hydrogen-bond acceptors (Lipinski definition) is 5. The van der Waals surface area contributed by atoms with Crippen LogP contribution in [0.25, 0.3) is 0 Å². The smallest absolute Gasteiger partial charge is 0.253 e. The highest BCUT2D eigenvalue weighted by Crippen LogP contribution is 2.36. The van der Waals surface area contributed by atoms with Gasteiger partial charge in [-0.25, -0.2) is 0 Å². The van der Waals surface area contributed by atoms with E-state index in [-0.39, 0.29) is 35.8 Å². The Bertz CT molecular complexity index is 1030. The number of Topliss-reactive ketones (excluding diaryl/α,β-unsaturated/α-hetero) is 1. The molecule has 3 rings (SSSR count). The van der Waals surface area contributed by atoms with Crippen LogP contribution in [0.5, 0.6) is 0 Å². The Hall–Kier alpha value is -3.13. The molecule has 0 aromatic heterocycles. The van der Waals surface area contributed by atoms with E-state index in [0.29, 0.717) is 35.6 Å². The summed E-state index contributed by atoms with van der Waals surface area (Å²) >= 11 is 1.39. The van der Waals surface area contributed by atoms with Crippen LogP contribution in [0, 0.1) is 0 Å². The molecule has 1 aliphatic heterocycles. The van der Waals surface area contributed by atoms with Crippen molar-refractivity contribution < 1.29 is 19.2 Å². The zero-order valence-corrected chi connectivity index (χ0v) is 18.6. The molecule has 0 atom stereocenters. The summed E-state index contributed by atoms with van der Waals surface area (Å²) in [6.45, 7) is 6.28. The molecule has 0 saturated carbocycles. The topological polar surface area (TPSA) is 86.8 Å². The quantitative estimate of drug-likeness (QED) is 0.668. The minimum absolute atomic E-state index is 0.0985. The predicted octanol–water partition coefficient (Wildman–Crippen LogP) is 3.45. The third kappa shape index (κ3) is 5.14. The number of thioether (sulfide) groups is 1. The minimum Gasteiger partial charge on any atom is -0.339 e. The van der Waals surface area contributed by atoms with Gasteiger partial charge in [0.1, 0.15) is 6.54 Å². The van der Waals surface area contributed by atoms with Gasteiger partial charge < -0.3 is 15.1 Å². The van der Waals surface area contributed by atoms with Gasteiger partial charge in [0.15, 0.2) is 5.78 Å². The number of anilines is 2. The number of hydrogen-bond donors (Lipinski definition) is 1. The first-order valence-electron chi connectivity index (χ1n) is 10.1. The summed E-state index contributed by atoms with van der Waals surface area (Å²) in [6.07, 6.45) is 0. The van der Waals surface area contributed by atoms with Gasteiger partial charge in [0.25, 0.3) is 5.91 Å². The van der Waals surface area contributed by atoms with E-state index in [1.807, 2.05) is 19.9 Å². The van der Waals surface area contributed by atoms with Crippen molar-refractivity contribution in [3.8, 4) is 0 Å². The molecule has 1 N–H and O–H groups in total. The predicted molar refractivity (Wildman–Crippen MR) is 122 cm³/mol. The summed E-state index contributed by atoms with van der Waals surface area (Å²) < 4.78 is 0. The molecular formula is C23H25N3O4S. The Labute approximate surface area is 185 Å². The first kappa shape index (κ1) is 22.6. The maximum atomic E-state index is 12.7. The molecule has 3 amide bonds. The van der Waals surface area contributed by atoms with E-state index in [0.717, 1.165) is 4.90 Å². The second kappa shape index (κ2) is 9.78. The van der Waals surface area contributed by atoms with Gasteiger partial charge in [-0.05, 0) is 51.1 Å². The summed E-state index contributed by atoms with van der Waals surface area (Å²) in [4.78, 5) is 53.5. The maximum absolute atomic E-state index is 12.7. The molecule has 162 valence electrons. The van der Waals surface area contributed by atoms with E-state index in [2.05, 4.69) is 5.32 Å². The lowest BCUT2D eigenvalue weighted by molar-refractivity contribution is -0.120. The lowest BCUT2D eigenvalue weighted by Crippen LogP contribution is -2.41. The van der Waals surface area contributed by atoms with Crippen molar-refractivity contribution in [1.29, 1.82) is 0 Å². The maximum Gasteiger partial charge on any atom is 0.253 e. The summed E-state index contributed by atoms with van der Waals surface area (Å²) in [5.41, 5.74) is 2.03. The van der Waals surface area contributed by atoms with Crippen molar-refractivity contribution in [3.05, 3.63) is 53.6 Å². The molecule has 8 heteroatoms. The van der Waals surface area contributed by atoms with Crippen LogP contribution in [0.4, 0.5) is 11.4 Å². The van der Waals surface area contributed by atoms with Crippen LogP contribution in [-0.2, 0) is 9.59 Å². The van der Waals surface area contributed by atoms with Gasteiger partial charge >= 0.3 is 0 Å². The Morgan fingerprint density at radius 1 is 1.06 bits per heavy atom. The normalized spacial score (nSPS) is 12.9. The average molecular weight is 440 g/mol. The molecule has 0 radical (unpaired) electrons. The number of benzene rings is 2. The van der Waals surface area contributed by atoms with Crippen LogP contribution < -0.4 is 10.2 Å². The Morgan fingerprint density at radius 3 is 2.48 bits per heavy atom. The standard InChI is InChI=1S/C23H25N3O4S/c1-4-25(5-2)23(30)17-9-10-20-19(12-17)26(22(29)14-31-20)13-21(28)24-18-8-6-7-16(11-18)15(3)27/h6-12H,4-5,13-14H2,1-3H3,(H,24,28). The van der Waals surface area contributed by atoms with E-state index >= 15 is 0 Å². The van der Waals surface area contributed by atoms with Gasteiger partial charge in [-0.2, -0.15) is 0 Å². The number of rotatable bonds is 7. The lowest BCUT2D eigenvalue weighted by atomic mass is 10.1. The monoisotopic (exact) mass is 439 g/mol. The van der Waals surface area contributed by atoms with Crippen LogP contribution in [0.2, 0.25) is 0 Å². The fourth-order valence-corrected chi connectivity index (χ4v) is 4.28. The first-order valence-corrected chi connectivity index (χ1v) is 11.1. The highest BCUT2D eigenvalue weighted by molar-refractivity contribution is 8.00. The van der Waals surface area contributed by atoms with E-state index in [9.17, 15) is 19.2 Å². The number of nitrogens with one attached hydrogen (secondary N) is 1. The van der Waals surface area contributed by atoms with E-state index in [1.54, 1.807) is 41.3 Å². The molecule has 0 aliphatic carbocycles. The van der Waals surface area contributed by atoms with E-state index in [1.165, 1.54) is 23.6 Å². The number of nitrogens with zero attached hydrogens (tertiary/aromatic N) is 2. The van der Waals surface area contributed by atoms with Crippen molar-refractivity contribution in [1.82, 2.24) is 4.90 Å². The summed E-state index contributed by atoms with van der Waals surface area (Å²) in [7, 11) is 0. The Morgan fingerprint density at radius 2 is 1.81 bits per heavy atom. The minimum atomic E-state index is -0.382. The number of fused-ring (bicyclic) bond motifs is 1. The largest absolute Gasteiger partial charge is 0.339 e. The number of amides is 3. The van der Waals surface area contributed by atoms with Gasteiger partial charge in [-0.3, -0.25) is 19.2 Å². The Kier molecular flexibility index (Phi) is 7.12. The molecule has 0 saturated heterocycles. The van der Waals surface area contributed by atoms with Crippen molar-refractivity contribution in [3.63, 3.8) is 0 Å². The van der Waals surface area contributed by atoms with E-state index in [4.69, 9.17) is 0 Å². The van der Waals surface area contributed by atoms with Crippen molar-refractivity contribution in [2.45, 2.75) is 25.7 Å². The number of carbonyl (C=O) groups excluding carboxylic acids is 4. The lowest BCUT2D eigenvalue weighted by Gasteiger charge is -2.29. The highest BCUT2D eigenvalue weighted by Gasteiger charge is 2.28. The summed E-state index contributed by atoms with van der Waals surface area (Å²) in [6, 6.07) is 11.9. The van der Waals surface area contributed by atoms with Gasteiger partial charge in [-0.1, -0.05) is 12.1 Å². The third-order valence-corrected chi connectivity index (χ3v) is 6.10. The average Bonchev–Trinajstić information content (AvgIpc) is 2.76. The van der Waals surface area contributed by atoms with Crippen LogP contribution in [0.15, 0.2) is 47.4 Å². The van der Waals surface area contributed by atoms with Crippen molar-refractivity contribution >= 4 is 46.6 Å². The summed E-state index contributed by atoms with van der Waals surface area (Å²) in [5.74, 6) is -0.562. The molecule has 1 heterocycles. The highest BCUT2D eigenvalue weighted by atomic mass is 32.2. The first-order chi connectivity index (χ1) is 14.8. The number of carbonyl (C=O) groups is 4. The van der Waals surface area contributed by atoms with Crippen LogP contribution in [-0.4, -0.2) is 53.8 Å². The Balaban J connectivity index is 1.82. The van der Waals surface area contributed by atoms with Gasteiger partial charge in [0, 0.05) is 34.8 Å². The van der Waals surface area contributed by atoms with Gasteiger partial charge in [-0.15, -0.1) is 11.8 Å². The zero-order chi connectivity index (χ0) is 22.5. The molecule has 0 bridgehead atoms. The van der Waals surface area contributed by atoms with Crippen LogP contribution in [0.3, 0.4) is 0 Å². The molecule has 2 aromatic rings. The zero-order valence-electron chi connectivity index (χ0n) is 17.8. The van der Waals surface area contributed by atoms with Crippen LogP contribution in [0.1, 0.15) is 41.5 Å². The van der Waals surface area contributed by atoms with Gasteiger partial charge in [0.2, 0.25) is 11.8 Å². The molecule has 1 aliphatic rings. The summed E-state index contributed by atoms with van der Waals surface area (Å²) in [5, 5.41) is 2.74. The van der Waals surface area contributed by atoms with Crippen molar-refractivity contribution in [2.24, 2.45) is 0 Å².